The van der Waals surface area contributed by atoms with Crippen molar-refractivity contribution in [3.63, 3.8) is 0 Å². The zero-order valence-electron chi connectivity index (χ0n) is 42.2. The van der Waals surface area contributed by atoms with Crippen molar-refractivity contribution in [3.8, 4) is 16.9 Å². The van der Waals surface area contributed by atoms with Gasteiger partial charge in [0.25, 0.3) is 5.91 Å². The van der Waals surface area contributed by atoms with Gasteiger partial charge >= 0.3 is 12.1 Å². The van der Waals surface area contributed by atoms with Crippen molar-refractivity contribution in [3.05, 3.63) is 125 Å². The Kier molecular flexibility index (Phi) is 14.0. The number of halogens is 3. The van der Waals surface area contributed by atoms with Gasteiger partial charge < -0.3 is 19.6 Å². The second kappa shape index (κ2) is 21.0. The number of carboxylic acid groups (broad SMARTS) is 1. The highest BCUT2D eigenvalue weighted by atomic mass is 32.1. The Balaban J connectivity index is 0.711. The van der Waals surface area contributed by atoms with Crippen molar-refractivity contribution in [2.45, 2.75) is 83.0 Å². The van der Waals surface area contributed by atoms with Crippen LogP contribution in [0.2, 0.25) is 0 Å². The van der Waals surface area contributed by atoms with E-state index in [9.17, 15) is 24.3 Å². The summed E-state index contributed by atoms with van der Waals surface area (Å²) in [5.74, 6) is -2.07. The van der Waals surface area contributed by atoms with Gasteiger partial charge in [-0.05, 0) is 110 Å². The first-order valence-corrected chi connectivity index (χ1v) is 26.9. The monoisotopic (exact) mass is 1050 g/mol. The molecule has 394 valence electrons. The van der Waals surface area contributed by atoms with E-state index in [1.165, 1.54) is 35.6 Å². The molecular formula is C57H58F3N9O6S. The number of hydrogen-bond acceptors (Lipinski definition) is 12. The highest BCUT2D eigenvalue weighted by molar-refractivity contribution is 7.22. The van der Waals surface area contributed by atoms with Gasteiger partial charge in [-0.15, -0.1) is 0 Å². The summed E-state index contributed by atoms with van der Waals surface area (Å²) in [4.78, 5) is 66.9. The van der Waals surface area contributed by atoms with Gasteiger partial charge in [0.15, 0.2) is 10.8 Å². The minimum Gasteiger partial charge on any atom is -0.490 e. The first-order valence-electron chi connectivity index (χ1n) is 26.1. The van der Waals surface area contributed by atoms with Gasteiger partial charge in [0.05, 0.1) is 39.1 Å². The number of piperidine rings is 1. The lowest BCUT2D eigenvalue weighted by atomic mass is 9.82. The molecule has 0 spiro atoms. The van der Waals surface area contributed by atoms with E-state index in [1.54, 1.807) is 12.1 Å². The lowest BCUT2D eigenvalue weighted by Crippen LogP contribution is -2.47. The molecule has 3 fully saturated rings. The summed E-state index contributed by atoms with van der Waals surface area (Å²) in [6.07, 6.45) is -0.190. The number of thiazole rings is 1. The zero-order chi connectivity index (χ0) is 52.8. The first kappa shape index (κ1) is 50.8. The maximum Gasteiger partial charge on any atom is 0.420 e. The largest absolute Gasteiger partial charge is 0.490 e. The fraction of sp³-hybridized carbons (Fsp3) is 0.386. The number of imide groups is 1. The Morgan fingerprint density at radius 1 is 0.855 bits per heavy atom. The molecule has 1 saturated carbocycles. The fourth-order valence-electron chi connectivity index (χ4n) is 12.0. The smallest absolute Gasteiger partial charge is 0.420 e. The number of alkyl halides is 3. The topological polar surface area (TPSA) is 175 Å². The SMILES string of the molecule is C[C@@H](CC1CCC(Oc2cccc(-c3ccc(N4CCc5cccc(C(=O)Nc6nc7ccccc7s6)c5C4)nc3C(=O)O)c2C(F)(F)F)CC1)CN1CCN(c2cccc3c(C4CCC(=O)NC4=O)nn(C)c23)CC1. The van der Waals surface area contributed by atoms with Gasteiger partial charge in [-0.2, -0.15) is 18.3 Å². The van der Waals surface area contributed by atoms with E-state index < -0.39 is 35.4 Å². The van der Waals surface area contributed by atoms with E-state index in [-0.39, 0.29) is 47.0 Å². The third-order valence-electron chi connectivity index (χ3n) is 15.6. The molecule has 2 saturated heterocycles. The van der Waals surface area contributed by atoms with Crippen LogP contribution in [0.1, 0.15) is 101 Å². The second-order valence-electron chi connectivity index (χ2n) is 20.7. The lowest BCUT2D eigenvalue weighted by molar-refractivity contribution is -0.139. The Bertz CT molecular complexity index is 3350. The van der Waals surface area contributed by atoms with Crippen LogP contribution in [0.25, 0.3) is 32.2 Å². The number of para-hydroxylation sites is 2. The number of rotatable bonds is 13. The maximum atomic E-state index is 15.2. The van der Waals surface area contributed by atoms with Crippen molar-refractivity contribution >= 4 is 72.8 Å². The molecule has 19 heteroatoms. The molecule has 0 radical (unpaired) electrons. The number of benzene rings is 4. The Labute approximate surface area is 441 Å². The second-order valence-corrected chi connectivity index (χ2v) is 21.7. The Morgan fingerprint density at radius 3 is 2.39 bits per heavy atom. The van der Waals surface area contributed by atoms with Gasteiger partial charge in [-0.25, -0.2) is 14.8 Å². The molecule has 4 aliphatic rings. The number of aromatic carboxylic acids is 1. The number of nitrogens with one attached hydrogen (secondary N) is 2. The van der Waals surface area contributed by atoms with E-state index in [0.29, 0.717) is 66.9 Å². The molecule has 1 aliphatic carbocycles. The maximum absolute atomic E-state index is 15.2. The summed E-state index contributed by atoms with van der Waals surface area (Å²) in [7, 11) is 1.90. The van der Waals surface area contributed by atoms with Crippen LogP contribution in [-0.4, -0.2) is 98.8 Å². The number of ether oxygens (including phenoxy) is 1. The van der Waals surface area contributed by atoms with E-state index >= 15 is 13.2 Å². The van der Waals surface area contributed by atoms with E-state index in [1.807, 2.05) is 65.2 Å². The molecule has 0 bridgehead atoms. The van der Waals surface area contributed by atoms with Crippen molar-refractivity contribution in [2.24, 2.45) is 18.9 Å². The summed E-state index contributed by atoms with van der Waals surface area (Å²) >= 11 is 1.37. The molecule has 3 aromatic heterocycles. The van der Waals surface area contributed by atoms with E-state index in [2.05, 4.69) is 43.4 Å². The summed E-state index contributed by atoms with van der Waals surface area (Å²) in [6.45, 7) is 7.32. The molecule has 3 amide bonds. The average molecular weight is 1050 g/mol. The predicted molar refractivity (Wildman–Crippen MR) is 285 cm³/mol. The minimum atomic E-state index is -4.87. The van der Waals surface area contributed by atoms with Crippen LogP contribution in [0.3, 0.4) is 0 Å². The molecule has 6 heterocycles. The molecule has 76 heavy (non-hydrogen) atoms. The zero-order valence-corrected chi connectivity index (χ0v) is 43.1. The van der Waals surface area contributed by atoms with Crippen LogP contribution >= 0.6 is 11.3 Å². The van der Waals surface area contributed by atoms with Crippen molar-refractivity contribution in [2.75, 3.05) is 54.4 Å². The van der Waals surface area contributed by atoms with Crippen LogP contribution in [0, 0.1) is 11.8 Å². The Morgan fingerprint density at radius 2 is 1.63 bits per heavy atom. The first-order chi connectivity index (χ1) is 36.6. The molecule has 15 nitrogen and oxygen atoms in total. The number of aromatic nitrogens is 4. The number of fused-ring (bicyclic) bond motifs is 3. The van der Waals surface area contributed by atoms with Gasteiger partial charge in [0.2, 0.25) is 11.8 Å². The number of hydrogen-bond donors (Lipinski definition) is 3. The third-order valence-corrected chi connectivity index (χ3v) is 16.5. The highest BCUT2D eigenvalue weighted by Crippen LogP contribution is 2.46. The molecule has 3 aliphatic heterocycles. The average Bonchev–Trinajstić information content (AvgIpc) is 3.98. The quantitative estimate of drug-likeness (QED) is 0.0934. The van der Waals surface area contributed by atoms with Gasteiger partial charge in [0, 0.05) is 81.4 Å². The van der Waals surface area contributed by atoms with Gasteiger partial charge in [0.1, 0.15) is 17.1 Å². The molecule has 2 atom stereocenters. The number of carbonyl (C=O) groups excluding carboxylic acids is 3. The van der Waals surface area contributed by atoms with Crippen LogP contribution < -0.4 is 25.2 Å². The van der Waals surface area contributed by atoms with Crippen LogP contribution in [0.15, 0.2) is 91.0 Å². The summed E-state index contributed by atoms with van der Waals surface area (Å²) in [6, 6.07) is 26.2. The molecule has 4 aromatic carbocycles. The van der Waals surface area contributed by atoms with Crippen molar-refractivity contribution in [1.82, 2.24) is 30.0 Å². The predicted octanol–water partition coefficient (Wildman–Crippen LogP) is 10.1. The number of carbonyl (C=O) groups is 4. The molecule has 7 aromatic rings. The normalized spacial score (nSPS) is 19.9. The molecular weight excluding hydrogens is 996 g/mol. The van der Waals surface area contributed by atoms with Crippen molar-refractivity contribution in [1.29, 1.82) is 0 Å². The minimum absolute atomic E-state index is 0.173. The molecule has 11 rings (SSSR count). The van der Waals surface area contributed by atoms with Gasteiger partial charge in [-0.3, -0.25) is 34.6 Å². The number of amides is 3. The van der Waals surface area contributed by atoms with Crippen LogP contribution in [0.4, 0.5) is 29.8 Å². The summed E-state index contributed by atoms with van der Waals surface area (Å²) in [5.41, 5.74) is 3.62. The number of carboxylic acids is 1. The fourth-order valence-corrected chi connectivity index (χ4v) is 12.8. The number of pyridine rings is 1. The highest BCUT2D eigenvalue weighted by Gasteiger charge is 2.40. The molecule has 1 unspecified atom stereocenters. The third kappa shape index (κ3) is 10.3. The number of anilines is 3. The number of nitrogens with zero attached hydrogens (tertiary/aromatic N) is 7. The number of aryl methyl sites for hydroxylation is 1. The van der Waals surface area contributed by atoms with Crippen LogP contribution in [-0.2, 0) is 35.8 Å². The van der Waals surface area contributed by atoms with E-state index in [4.69, 9.17) is 9.84 Å². The Hall–Kier alpha value is -7.38. The molecule has 3 N–H and O–H groups in total. The van der Waals surface area contributed by atoms with E-state index in [0.717, 1.165) is 89.9 Å². The standard InChI is InChI=1S/C57H58F3N9O6S/c1-33(31-67-26-28-68(29-27-67)44-13-6-11-40-50(65-66(2)52(40)44)41-21-23-48(70)63-54(41)72)30-34-16-18-36(19-17-34)75-45-14-7-9-37(49(45)57(58,59)60)38-20-22-47(62-51(38)55(73)74)69-25-24-35-8-5-10-39(42(35)32-69)53(71)64-56-61-43-12-3-4-15-46(43)76-56/h3-15,20,22,33-34,36,41H,16-19,21,23-32H2,1-2H3,(H,73,74)(H,61,64,71)(H,63,70,72)/t33-,34?,36?,41?/m0/s1. The van der Waals surface area contributed by atoms with Crippen LogP contribution in [0.5, 0.6) is 5.75 Å². The van der Waals surface area contributed by atoms with Gasteiger partial charge in [-0.1, -0.05) is 66.8 Å². The van der Waals surface area contributed by atoms with Crippen molar-refractivity contribution < 1.29 is 42.2 Å². The summed E-state index contributed by atoms with van der Waals surface area (Å²) in [5, 5.41) is 22.0. The number of piperazine rings is 1. The lowest BCUT2D eigenvalue weighted by Gasteiger charge is -2.38. The summed E-state index contributed by atoms with van der Waals surface area (Å²) < 4.78 is 54.7.